The first-order chi connectivity index (χ1) is 11.9. The number of anilines is 1. The van der Waals surface area contributed by atoms with Gasteiger partial charge in [0, 0.05) is 6.54 Å². The van der Waals surface area contributed by atoms with Crippen LogP contribution in [0.1, 0.15) is 47.8 Å². The zero-order chi connectivity index (χ0) is 18.0. The summed E-state index contributed by atoms with van der Waals surface area (Å²) in [5.41, 5.74) is 5.85. The van der Waals surface area contributed by atoms with E-state index in [1.54, 1.807) is 11.0 Å². The highest BCUT2D eigenvalue weighted by Gasteiger charge is 2.33. The molecule has 3 rings (SSSR count). The second kappa shape index (κ2) is 6.96. The maximum absolute atomic E-state index is 12.7. The van der Waals surface area contributed by atoms with E-state index in [9.17, 15) is 9.59 Å². The summed E-state index contributed by atoms with van der Waals surface area (Å²) in [6.45, 7) is 4.74. The van der Waals surface area contributed by atoms with Crippen LogP contribution in [0, 0.1) is 12.8 Å². The fourth-order valence-corrected chi connectivity index (χ4v) is 3.10. The number of nitrogens with zero attached hydrogens (tertiary/aromatic N) is 2. The summed E-state index contributed by atoms with van der Waals surface area (Å²) in [5, 5.41) is 2.83. The fourth-order valence-electron chi connectivity index (χ4n) is 3.10. The Kier molecular flexibility index (Phi) is 4.74. The maximum atomic E-state index is 12.7. The van der Waals surface area contributed by atoms with E-state index in [0.717, 1.165) is 24.4 Å². The lowest BCUT2D eigenvalue weighted by Gasteiger charge is -2.37. The van der Waals surface area contributed by atoms with Crippen molar-refractivity contribution < 1.29 is 14.0 Å². The van der Waals surface area contributed by atoms with Crippen molar-refractivity contribution in [1.29, 1.82) is 0 Å². The Balaban J connectivity index is 1.75. The second-order valence-electron chi connectivity index (χ2n) is 6.51. The van der Waals surface area contributed by atoms with Crippen molar-refractivity contribution in [3.63, 3.8) is 0 Å². The van der Waals surface area contributed by atoms with Crippen LogP contribution in [-0.4, -0.2) is 28.4 Å². The van der Waals surface area contributed by atoms with Crippen molar-refractivity contribution >= 4 is 17.6 Å². The Morgan fingerprint density at radius 1 is 1.32 bits per heavy atom. The number of aryl methyl sites for hydroxylation is 1. The summed E-state index contributed by atoms with van der Waals surface area (Å²) >= 11 is 0. The Morgan fingerprint density at radius 2 is 2.12 bits per heavy atom. The normalized spacial score (nSPS) is 20.3. The molecule has 0 aliphatic carbocycles. The minimum atomic E-state index is -0.601. The molecule has 3 N–H and O–H groups in total. The molecule has 1 aliphatic rings. The number of carbonyl (C=O) groups excluding carboxylic acids is 2. The number of hydrogen-bond donors (Lipinski definition) is 2. The van der Waals surface area contributed by atoms with Gasteiger partial charge in [0.25, 0.3) is 5.91 Å². The SMILES string of the molecule is Cc1ccc([C@@H]2C[C@H](C)CCN2C(=O)Nc2ccc(C(N)=O)nc2)o1. The van der Waals surface area contributed by atoms with Gasteiger partial charge in [-0.1, -0.05) is 6.92 Å². The molecule has 0 spiro atoms. The van der Waals surface area contributed by atoms with Gasteiger partial charge in [-0.2, -0.15) is 0 Å². The third-order valence-corrected chi connectivity index (χ3v) is 4.48. The number of pyridine rings is 1. The van der Waals surface area contributed by atoms with Crippen molar-refractivity contribution in [2.24, 2.45) is 11.7 Å². The molecule has 1 saturated heterocycles. The molecule has 0 radical (unpaired) electrons. The predicted molar refractivity (Wildman–Crippen MR) is 93.1 cm³/mol. The van der Waals surface area contributed by atoms with Gasteiger partial charge in [-0.3, -0.25) is 4.79 Å². The number of nitrogens with two attached hydrogens (primary N) is 1. The Bertz CT molecular complexity index is 769. The molecule has 2 atom stereocenters. The highest BCUT2D eigenvalue weighted by atomic mass is 16.3. The molecule has 2 aromatic heterocycles. The summed E-state index contributed by atoms with van der Waals surface area (Å²) in [6, 6.07) is 6.65. The van der Waals surface area contributed by atoms with Crippen LogP contribution in [0.15, 0.2) is 34.9 Å². The number of aromatic nitrogens is 1. The van der Waals surface area contributed by atoms with Gasteiger partial charge in [0.15, 0.2) is 0 Å². The van der Waals surface area contributed by atoms with Crippen LogP contribution < -0.4 is 11.1 Å². The molecule has 25 heavy (non-hydrogen) atoms. The van der Waals surface area contributed by atoms with Crippen LogP contribution in [0.25, 0.3) is 0 Å². The maximum Gasteiger partial charge on any atom is 0.322 e. The number of likely N-dealkylation sites (tertiary alicyclic amines) is 1. The molecule has 1 aliphatic heterocycles. The highest BCUT2D eigenvalue weighted by Crippen LogP contribution is 2.35. The van der Waals surface area contributed by atoms with E-state index >= 15 is 0 Å². The van der Waals surface area contributed by atoms with Crippen LogP contribution in [0.2, 0.25) is 0 Å². The summed E-state index contributed by atoms with van der Waals surface area (Å²) < 4.78 is 5.76. The third kappa shape index (κ3) is 3.81. The molecule has 2 aromatic rings. The first-order valence-corrected chi connectivity index (χ1v) is 8.34. The van der Waals surface area contributed by atoms with E-state index < -0.39 is 5.91 Å². The van der Waals surface area contributed by atoms with Crippen molar-refractivity contribution in [3.8, 4) is 0 Å². The highest BCUT2D eigenvalue weighted by molar-refractivity contribution is 5.92. The number of amides is 3. The molecule has 7 nitrogen and oxygen atoms in total. The number of furan rings is 1. The largest absolute Gasteiger partial charge is 0.464 e. The summed E-state index contributed by atoms with van der Waals surface area (Å²) in [5.74, 6) is 1.56. The first kappa shape index (κ1) is 17.0. The van der Waals surface area contributed by atoms with Gasteiger partial charge in [0.05, 0.1) is 17.9 Å². The van der Waals surface area contributed by atoms with Crippen LogP contribution in [0.5, 0.6) is 0 Å². The molecule has 132 valence electrons. The zero-order valence-corrected chi connectivity index (χ0v) is 14.4. The van der Waals surface area contributed by atoms with Crippen molar-refractivity contribution in [2.75, 3.05) is 11.9 Å². The van der Waals surface area contributed by atoms with E-state index in [0.29, 0.717) is 18.2 Å². The van der Waals surface area contributed by atoms with Gasteiger partial charge in [-0.05, 0) is 49.9 Å². The minimum Gasteiger partial charge on any atom is -0.464 e. The van der Waals surface area contributed by atoms with E-state index in [1.165, 1.54) is 12.3 Å². The summed E-state index contributed by atoms with van der Waals surface area (Å²) in [7, 11) is 0. The van der Waals surface area contributed by atoms with Crippen LogP contribution in [-0.2, 0) is 0 Å². The minimum absolute atomic E-state index is 0.0877. The lowest BCUT2D eigenvalue weighted by molar-refractivity contribution is 0.0995. The average molecular weight is 342 g/mol. The van der Waals surface area contributed by atoms with Gasteiger partial charge in [0.2, 0.25) is 0 Å². The molecule has 3 heterocycles. The van der Waals surface area contributed by atoms with Crippen LogP contribution in [0.4, 0.5) is 10.5 Å². The standard InChI is InChI=1S/C18H22N4O3/c1-11-7-8-22(15(9-11)16-6-3-12(2)25-16)18(24)21-13-4-5-14(17(19)23)20-10-13/h3-6,10-11,15H,7-9H2,1-2H3,(H2,19,23)(H,21,24)/t11-,15+/m1/s1. The Morgan fingerprint density at radius 3 is 2.72 bits per heavy atom. The van der Waals surface area contributed by atoms with E-state index in [-0.39, 0.29) is 17.8 Å². The van der Waals surface area contributed by atoms with Crippen molar-refractivity contribution in [3.05, 3.63) is 47.7 Å². The number of primary amides is 1. The molecular weight excluding hydrogens is 320 g/mol. The van der Waals surface area contributed by atoms with Gasteiger partial charge < -0.3 is 20.4 Å². The lowest BCUT2D eigenvalue weighted by Crippen LogP contribution is -2.42. The summed E-state index contributed by atoms with van der Waals surface area (Å²) in [6.07, 6.45) is 3.23. The number of nitrogens with one attached hydrogen (secondary N) is 1. The molecule has 7 heteroatoms. The quantitative estimate of drug-likeness (QED) is 0.895. The Labute approximate surface area is 146 Å². The van der Waals surface area contributed by atoms with Gasteiger partial charge >= 0.3 is 6.03 Å². The molecule has 3 amide bonds. The van der Waals surface area contributed by atoms with E-state index in [4.69, 9.17) is 10.2 Å². The smallest absolute Gasteiger partial charge is 0.322 e. The molecule has 1 fully saturated rings. The monoisotopic (exact) mass is 342 g/mol. The third-order valence-electron chi connectivity index (χ3n) is 4.48. The van der Waals surface area contributed by atoms with E-state index in [1.807, 2.05) is 19.1 Å². The molecule has 0 bridgehead atoms. The first-order valence-electron chi connectivity index (χ1n) is 8.34. The average Bonchev–Trinajstić information content (AvgIpc) is 3.01. The molecular formula is C18H22N4O3. The molecule has 0 aromatic carbocycles. The van der Waals surface area contributed by atoms with Gasteiger partial charge in [-0.15, -0.1) is 0 Å². The van der Waals surface area contributed by atoms with Crippen molar-refractivity contribution in [2.45, 2.75) is 32.7 Å². The van der Waals surface area contributed by atoms with Gasteiger partial charge in [-0.25, -0.2) is 9.78 Å². The number of piperidine rings is 1. The predicted octanol–water partition coefficient (Wildman–Crippen LogP) is 3.09. The number of hydrogen-bond acceptors (Lipinski definition) is 4. The summed E-state index contributed by atoms with van der Waals surface area (Å²) in [4.78, 5) is 29.5. The van der Waals surface area contributed by atoms with Gasteiger partial charge in [0.1, 0.15) is 17.2 Å². The second-order valence-corrected chi connectivity index (χ2v) is 6.51. The number of carbonyl (C=O) groups is 2. The van der Waals surface area contributed by atoms with E-state index in [2.05, 4.69) is 17.2 Å². The Hall–Kier alpha value is -2.83. The molecule has 0 saturated carbocycles. The zero-order valence-electron chi connectivity index (χ0n) is 14.4. The van der Waals surface area contributed by atoms with Crippen LogP contribution in [0.3, 0.4) is 0 Å². The van der Waals surface area contributed by atoms with Crippen LogP contribution >= 0.6 is 0 Å². The topological polar surface area (TPSA) is 101 Å². The number of urea groups is 1. The fraction of sp³-hybridized carbons (Fsp3) is 0.389. The number of rotatable bonds is 3. The van der Waals surface area contributed by atoms with Crippen molar-refractivity contribution in [1.82, 2.24) is 9.88 Å². The molecule has 0 unspecified atom stereocenters. The lowest BCUT2D eigenvalue weighted by atomic mass is 9.91.